The number of hydrogen-bond donors (Lipinski definition) is 2. The molecule has 2 N–H and O–H groups in total. The fourth-order valence-corrected chi connectivity index (χ4v) is 3.68. The molecule has 0 unspecified atom stereocenters. The van der Waals surface area contributed by atoms with Crippen LogP contribution in [0.1, 0.15) is 67.2 Å². The van der Waals surface area contributed by atoms with E-state index in [1.807, 2.05) is 27.7 Å². The van der Waals surface area contributed by atoms with Gasteiger partial charge in [-0.05, 0) is 37.5 Å². The van der Waals surface area contributed by atoms with Crippen molar-refractivity contribution in [2.75, 3.05) is 0 Å². The first kappa shape index (κ1) is 18.9. The molecular formula is C16H30O4. The fraction of sp³-hybridized carbons (Fsp3) is 0.875. The van der Waals surface area contributed by atoms with Crippen LogP contribution in [0.5, 0.6) is 0 Å². The van der Waals surface area contributed by atoms with Crippen LogP contribution in [0.15, 0.2) is 0 Å². The number of rotatable bonds is 9. The zero-order valence-corrected chi connectivity index (χ0v) is 13.7. The summed E-state index contributed by atoms with van der Waals surface area (Å²) >= 11 is 0. The quantitative estimate of drug-likeness (QED) is 0.670. The lowest BCUT2D eigenvalue weighted by Gasteiger charge is -2.46. The van der Waals surface area contributed by atoms with Gasteiger partial charge in [0.25, 0.3) is 0 Å². The van der Waals surface area contributed by atoms with Crippen LogP contribution in [-0.2, 0) is 9.59 Å². The normalized spacial score (nSPS) is 13.0. The van der Waals surface area contributed by atoms with Gasteiger partial charge in [0.05, 0.1) is 10.8 Å². The molecule has 0 heterocycles. The van der Waals surface area contributed by atoms with Gasteiger partial charge < -0.3 is 10.2 Å². The van der Waals surface area contributed by atoms with Crippen molar-refractivity contribution in [2.45, 2.75) is 67.2 Å². The van der Waals surface area contributed by atoms with E-state index in [4.69, 9.17) is 0 Å². The summed E-state index contributed by atoms with van der Waals surface area (Å²) in [5.74, 6) is -1.67. The number of carboxylic acids is 2. The van der Waals surface area contributed by atoms with Crippen molar-refractivity contribution in [3.63, 3.8) is 0 Å². The van der Waals surface area contributed by atoms with Crippen molar-refractivity contribution in [1.29, 1.82) is 0 Å². The molecule has 20 heavy (non-hydrogen) atoms. The summed E-state index contributed by atoms with van der Waals surface area (Å²) in [5, 5.41) is 19.7. The Balaban J connectivity index is 6.15. The summed E-state index contributed by atoms with van der Waals surface area (Å²) in [6.45, 7) is 11.4. The van der Waals surface area contributed by atoms with Crippen LogP contribution >= 0.6 is 0 Å². The molecule has 0 amide bonds. The third-order valence-electron chi connectivity index (χ3n) is 4.46. The first-order valence-corrected chi connectivity index (χ1v) is 7.56. The summed E-state index contributed by atoms with van der Waals surface area (Å²) in [4.78, 5) is 24.0. The Bertz CT molecular complexity index is 330. The van der Waals surface area contributed by atoms with E-state index in [2.05, 4.69) is 0 Å². The molecule has 0 rings (SSSR count). The van der Waals surface area contributed by atoms with Gasteiger partial charge in [-0.15, -0.1) is 0 Å². The van der Waals surface area contributed by atoms with Crippen molar-refractivity contribution >= 4 is 11.9 Å². The molecule has 118 valence electrons. The molecule has 4 nitrogen and oxygen atoms in total. The number of carbonyl (C=O) groups is 2. The van der Waals surface area contributed by atoms with Crippen molar-refractivity contribution in [2.24, 2.45) is 22.7 Å². The summed E-state index contributed by atoms with van der Waals surface area (Å²) in [6.07, 6.45) is 1.47. The molecule has 0 aromatic carbocycles. The molecule has 0 saturated carbocycles. The average molecular weight is 286 g/mol. The molecule has 0 aliphatic rings. The minimum Gasteiger partial charge on any atom is -0.481 e. The number of hydrogen-bond acceptors (Lipinski definition) is 2. The minimum absolute atomic E-state index is 0.140. The minimum atomic E-state index is -1.20. The lowest BCUT2D eigenvalue weighted by Crippen LogP contribution is -2.53. The van der Waals surface area contributed by atoms with Crippen molar-refractivity contribution in [3.05, 3.63) is 0 Å². The highest BCUT2D eigenvalue weighted by Crippen LogP contribution is 2.53. The molecule has 0 bridgehead atoms. The van der Waals surface area contributed by atoms with Gasteiger partial charge in [0, 0.05) is 0 Å². The third kappa shape index (κ3) is 3.33. The molecular weight excluding hydrogens is 256 g/mol. The molecule has 0 saturated heterocycles. The zero-order valence-electron chi connectivity index (χ0n) is 13.7. The second-order valence-corrected chi connectivity index (χ2v) is 6.68. The number of carboxylic acid groups (broad SMARTS) is 2. The van der Waals surface area contributed by atoms with E-state index in [0.29, 0.717) is 25.7 Å². The summed E-state index contributed by atoms with van der Waals surface area (Å²) in [5.41, 5.74) is -2.40. The van der Waals surface area contributed by atoms with Crippen molar-refractivity contribution in [3.8, 4) is 0 Å². The van der Waals surface area contributed by atoms with E-state index in [1.165, 1.54) is 0 Å². The predicted octanol–water partition coefficient (Wildman–Crippen LogP) is 4.04. The monoisotopic (exact) mass is 286 g/mol. The molecule has 0 aliphatic carbocycles. The maximum Gasteiger partial charge on any atom is 0.310 e. The van der Waals surface area contributed by atoms with Crippen LogP contribution in [0.3, 0.4) is 0 Å². The first-order chi connectivity index (χ1) is 9.09. The van der Waals surface area contributed by atoms with Crippen LogP contribution in [0, 0.1) is 22.7 Å². The molecule has 4 heteroatoms. The van der Waals surface area contributed by atoms with Gasteiger partial charge in [-0.1, -0.05) is 41.5 Å². The topological polar surface area (TPSA) is 74.6 Å². The summed E-state index contributed by atoms with van der Waals surface area (Å²) in [6, 6.07) is 0. The Kier molecular flexibility index (Phi) is 6.72. The van der Waals surface area contributed by atoms with Gasteiger partial charge in [-0.25, -0.2) is 0 Å². The lowest BCUT2D eigenvalue weighted by atomic mass is 9.54. The summed E-state index contributed by atoms with van der Waals surface area (Å²) < 4.78 is 0. The molecule has 0 fully saturated rings. The van der Waals surface area contributed by atoms with Crippen molar-refractivity contribution < 1.29 is 19.8 Å². The Labute approximate surface area is 122 Å². The Morgan fingerprint density at radius 1 is 0.800 bits per heavy atom. The summed E-state index contributed by atoms with van der Waals surface area (Å²) in [7, 11) is 0. The van der Waals surface area contributed by atoms with E-state index in [-0.39, 0.29) is 11.8 Å². The zero-order chi connectivity index (χ0) is 16.1. The second kappa shape index (κ2) is 7.09. The molecule has 0 spiro atoms. The smallest absolute Gasteiger partial charge is 0.310 e. The van der Waals surface area contributed by atoms with Crippen LogP contribution in [0.2, 0.25) is 0 Å². The van der Waals surface area contributed by atoms with Crippen LogP contribution in [0.4, 0.5) is 0 Å². The van der Waals surface area contributed by atoms with Gasteiger partial charge in [-0.2, -0.15) is 0 Å². The van der Waals surface area contributed by atoms with E-state index in [9.17, 15) is 19.8 Å². The largest absolute Gasteiger partial charge is 0.481 e. The Morgan fingerprint density at radius 2 is 1.10 bits per heavy atom. The molecule has 0 aliphatic heterocycles. The van der Waals surface area contributed by atoms with Gasteiger partial charge in [0.2, 0.25) is 0 Å². The molecule has 0 aromatic heterocycles. The molecule has 0 radical (unpaired) electrons. The van der Waals surface area contributed by atoms with E-state index in [1.54, 1.807) is 13.8 Å². The third-order valence-corrected chi connectivity index (χ3v) is 4.46. The van der Waals surface area contributed by atoms with Gasteiger partial charge in [0.1, 0.15) is 0 Å². The highest BCUT2D eigenvalue weighted by atomic mass is 16.4. The fourth-order valence-electron chi connectivity index (χ4n) is 3.68. The van der Waals surface area contributed by atoms with Crippen LogP contribution < -0.4 is 0 Å². The molecule has 0 aromatic rings. The van der Waals surface area contributed by atoms with E-state index >= 15 is 0 Å². The van der Waals surface area contributed by atoms with Crippen LogP contribution in [0.25, 0.3) is 0 Å². The van der Waals surface area contributed by atoms with Crippen LogP contribution in [-0.4, -0.2) is 22.2 Å². The van der Waals surface area contributed by atoms with Gasteiger partial charge in [0.15, 0.2) is 0 Å². The highest BCUT2D eigenvalue weighted by Gasteiger charge is 2.59. The van der Waals surface area contributed by atoms with Crippen molar-refractivity contribution in [1.82, 2.24) is 0 Å². The predicted molar refractivity (Wildman–Crippen MR) is 79.6 cm³/mol. The number of aliphatic carboxylic acids is 2. The van der Waals surface area contributed by atoms with E-state index in [0.717, 1.165) is 0 Å². The van der Waals surface area contributed by atoms with Gasteiger partial charge >= 0.3 is 11.9 Å². The Morgan fingerprint density at radius 3 is 1.25 bits per heavy atom. The second-order valence-electron chi connectivity index (χ2n) is 6.68. The van der Waals surface area contributed by atoms with E-state index < -0.39 is 22.8 Å². The maximum atomic E-state index is 12.1. The average Bonchev–Trinajstić information content (AvgIpc) is 2.28. The highest BCUT2D eigenvalue weighted by molar-refractivity contribution is 5.86. The lowest BCUT2D eigenvalue weighted by molar-refractivity contribution is -0.179. The molecule has 0 atom stereocenters. The SMILES string of the molecule is CCC(CC)(C(=O)O)C(CC(C)C)(CC(C)C)C(=O)O. The Hall–Kier alpha value is -1.06. The first-order valence-electron chi connectivity index (χ1n) is 7.56. The van der Waals surface area contributed by atoms with Gasteiger partial charge in [-0.3, -0.25) is 9.59 Å². The standard InChI is InChI=1S/C16H30O4/c1-7-15(8-2,13(17)18)16(14(19)20,9-11(3)4)10-12(5)6/h11-12H,7-10H2,1-6H3,(H,17,18)(H,19,20). The maximum absolute atomic E-state index is 12.1.